The summed E-state index contributed by atoms with van der Waals surface area (Å²) in [4.78, 5) is 29.2. The number of nitrogens with one attached hydrogen (secondary N) is 1. The predicted molar refractivity (Wildman–Crippen MR) is 94.5 cm³/mol. The molecule has 8 heteroatoms. The standard InChI is InChI=1S/C17H17BN5O2/c24-11-18-22-8-3-12(4-9-22)14-15(13-1-5-19-6-2-13)21-23-10-7-20-17(25)16(14)23/h1-3,5-6,11H,4,7-10H2,(H,20,25). The molecule has 0 aliphatic carbocycles. The molecule has 2 aliphatic heterocycles. The molecule has 0 saturated heterocycles. The third kappa shape index (κ3) is 2.89. The number of carbonyl (C=O) groups is 2. The minimum atomic E-state index is -0.0863. The van der Waals surface area contributed by atoms with Crippen molar-refractivity contribution in [3.8, 4) is 11.3 Å². The number of rotatable bonds is 4. The lowest BCUT2D eigenvalue weighted by Gasteiger charge is -2.25. The molecule has 7 nitrogen and oxygen atoms in total. The van der Waals surface area contributed by atoms with Gasteiger partial charge in [0.05, 0.1) is 12.7 Å². The number of hydrogen-bond donors (Lipinski definition) is 1. The zero-order chi connectivity index (χ0) is 17.2. The van der Waals surface area contributed by atoms with E-state index in [9.17, 15) is 9.59 Å². The number of carbonyl (C=O) groups excluding carboxylic acids is 2. The zero-order valence-corrected chi connectivity index (χ0v) is 13.7. The van der Waals surface area contributed by atoms with Crippen LogP contribution in [0.3, 0.4) is 0 Å². The van der Waals surface area contributed by atoms with Crippen LogP contribution >= 0.6 is 0 Å². The van der Waals surface area contributed by atoms with Crippen LogP contribution in [0.2, 0.25) is 0 Å². The third-order valence-electron chi connectivity index (χ3n) is 4.56. The van der Waals surface area contributed by atoms with E-state index >= 15 is 0 Å². The van der Waals surface area contributed by atoms with Gasteiger partial charge in [-0.1, -0.05) is 6.08 Å². The number of hydrogen-bond acceptors (Lipinski definition) is 5. The summed E-state index contributed by atoms with van der Waals surface area (Å²) in [6.07, 6.45) is 7.10. The number of pyridine rings is 1. The Kier molecular flexibility index (Phi) is 4.19. The molecule has 0 bridgehead atoms. The topological polar surface area (TPSA) is 80.1 Å². The Morgan fingerprint density at radius 1 is 1.24 bits per heavy atom. The summed E-state index contributed by atoms with van der Waals surface area (Å²) in [5, 5.41) is 7.62. The first kappa shape index (κ1) is 15.8. The highest BCUT2D eigenvalue weighted by Gasteiger charge is 2.29. The first-order valence-corrected chi connectivity index (χ1v) is 8.29. The highest BCUT2D eigenvalue weighted by atomic mass is 16.2. The van der Waals surface area contributed by atoms with Crippen LogP contribution in [0.5, 0.6) is 0 Å². The van der Waals surface area contributed by atoms with E-state index in [0.29, 0.717) is 25.3 Å². The molecule has 0 unspecified atom stereocenters. The minimum Gasteiger partial charge on any atom is -0.349 e. The van der Waals surface area contributed by atoms with Gasteiger partial charge in [0.15, 0.2) is 0 Å². The Bertz CT molecular complexity index is 846. The normalized spacial score (nSPS) is 17.4. The highest BCUT2D eigenvalue weighted by Crippen LogP contribution is 2.34. The molecule has 0 saturated carbocycles. The average molecular weight is 334 g/mol. The van der Waals surface area contributed by atoms with E-state index in [1.165, 1.54) is 0 Å². The van der Waals surface area contributed by atoms with Crippen molar-refractivity contribution in [2.24, 2.45) is 0 Å². The lowest BCUT2D eigenvalue weighted by molar-refractivity contribution is 0.0924. The van der Waals surface area contributed by atoms with E-state index in [4.69, 9.17) is 5.10 Å². The van der Waals surface area contributed by atoms with Gasteiger partial charge in [0.1, 0.15) is 11.4 Å². The van der Waals surface area contributed by atoms with Gasteiger partial charge in [-0.3, -0.25) is 14.5 Å². The van der Waals surface area contributed by atoms with Crippen LogP contribution in [-0.2, 0) is 11.3 Å². The van der Waals surface area contributed by atoms with Gasteiger partial charge in [-0.2, -0.15) is 5.10 Å². The Morgan fingerprint density at radius 2 is 2.08 bits per heavy atom. The lowest BCUT2D eigenvalue weighted by atomic mass is 9.88. The molecule has 125 valence electrons. The van der Waals surface area contributed by atoms with Gasteiger partial charge in [-0.15, -0.1) is 0 Å². The fourth-order valence-electron chi connectivity index (χ4n) is 3.36. The van der Waals surface area contributed by atoms with Gasteiger partial charge in [0.25, 0.3) is 13.3 Å². The van der Waals surface area contributed by atoms with Gasteiger partial charge in [-0.05, 0) is 30.7 Å². The zero-order valence-electron chi connectivity index (χ0n) is 13.7. The van der Waals surface area contributed by atoms with Crippen molar-refractivity contribution >= 4 is 25.1 Å². The monoisotopic (exact) mass is 334 g/mol. The number of aromatic nitrogens is 3. The molecule has 2 aromatic rings. The second-order valence-corrected chi connectivity index (χ2v) is 6.05. The van der Waals surface area contributed by atoms with Gasteiger partial charge in [0.2, 0.25) is 0 Å². The largest absolute Gasteiger partial charge is 0.349 e. The molecule has 1 N–H and O–H groups in total. The smallest absolute Gasteiger partial charge is 0.293 e. The summed E-state index contributed by atoms with van der Waals surface area (Å²) in [5.74, 6) is -0.0863. The van der Waals surface area contributed by atoms with Crippen LogP contribution < -0.4 is 5.32 Å². The van der Waals surface area contributed by atoms with Crippen molar-refractivity contribution in [3.63, 3.8) is 0 Å². The summed E-state index contributed by atoms with van der Waals surface area (Å²) in [6, 6.07) is 3.82. The maximum Gasteiger partial charge on any atom is 0.293 e. The van der Waals surface area contributed by atoms with E-state index in [0.717, 1.165) is 41.5 Å². The summed E-state index contributed by atoms with van der Waals surface area (Å²) in [5.41, 5.74) is 4.38. The van der Waals surface area contributed by atoms with Crippen molar-refractivity contribution in [2.45, 2.75) is 13.0 Å². The summed E-state index contributed by atoms with van der Waals surface area (Å²) >= 11 is 0. The molecular formula is C17H17BN5O2. The van der Waals surface area contributed by atoms with Crippen molar-refractivity contribution in [3.05, 3.63) is 41.9 Å². The minimum absolute atomic E-state index is 0.0863. The van der Waals surface area contributed by atoms with Crippen molar-refractivity contribution < 1.29 is 9.59 Å². The highest BCUT2D eigenvalue weighted by molar-refractivity contribution is 6.64. The fraction of sp³-hybridized carbons (Fsp3) is 0.294. The van der Waals surface area contributed by atoms with E-state index in [2.05, 4.69) is 16.4 Å². The van der Waals surface area contributed by atoms with Crippen molar-refractivity contribution in [2.75, 3.05) is 19.6 Å². The molecule has 1 radical (unpaired) electrons. The van der Waals surface area contributed by atoms with Crippen LogP contribution in [0.4, 0.5) is 0 Å². The van der Waals surface area contributed by atoms with Gasteiger partial charge in [-0.25, -0.2) is 0 Å². The number of nitrogens with zero attached hydrogens (tertiary/aromatic N) is 4. The van der Waals surface area contributed by atoms with E-state index in [1.807, 2.05) is 16.9 Å². The first-order valence-electron chi connectivity index (χ1n) is 8.29. The molecule has 2 aliphatic rings. The molecule has 0 atom stereocenters. The second-order valence-electron chi connectivity index (χ2n) is 6.05. The first-order chi connectivity index (χ1) is 12.3. The van der Waals surface area contributed by atoms with Crippen LogP contribution in [-0.4, -0.2) is 58.7 Å². The molecule has 1 amide bonds. The van der Waals surface area contributed by atoms with E-state index in [-0.39, 0.29) is 5.91 Å². The molecule has 4 rings (SSSR count). The molecule has 0 aromatic carbocycles. The fourth-order valence-corrected chi connectivity index (χ4v) is 3.36. The maximum atomic E-state index is 12.5. The summed E-state index contributed by atoms with van der Waals surface area (Å²) in [6.45, 7) is 2.64. The second kappa shape index (κ2) is 6.64. The van der Waals surface area contributed by atoms with Crippen LogP contribution in [0, 0.1) is 0 Å². The molecule has 0 fully saturated rings. The van der Waals surface area contributed by atoms with Crippen LogP contribution in [0.1, 0.15) is 22.5 Å². The molecular weight excluding hydrogens is 317 g/mol. The number of fused-ring (bicyclic) bond motifs is 1. The molecule has 25 heavy (non-hydrogen) atoms. The van der Waals surface area contributed by atoms with Gasteiger partial charge in [0, 0.05) is 36.6 Å². The Morgan fingerprint density at radius 3 is 2.80 bits per heavy atom. The molecule has 0 spiro atoms. The third-order valence-corrected chi connectivity index (χ3v) is 4.56. The van der Waals surface area contributed by atoms with E-state index in [1.54, 1.807) is 24.5 Å². The van der Waals surface area contributed by atoms with Gasteiger partial charge >= 0.3 is 0 Å². The van der Waals surface area contributed by atoms with Crippen molar-refractivity contribution in [1.82, 2.24) is 24.9 Å². The van der Waals surface area contributed by atoms with Crippen LogP contribution in [0.15, 0.2) is 30.6 Å². The quantitative estimate of drug-likeness (QED) is 0.654. The predicted octanol–water partition coefficient (Wildman–Crippen LogP) is 0.587. The lowest BCUT2D eigenvalue weighted by Crippen LogP contribution is -2.36. The summed E-state index contributed by atoms with van der Waals surface area (Å²) in [7, 11) is 1.55. The number of amides is 1. The van der Waals surface area contributed by atoms with E-state index < -0.39 is 0 Å². The Hall–Kier alpha value is -2.74. The molecule has 4 heterocycles. The average Bonchev–Trinajstić information content (AvgIpc) is 3.04. The maximum absolute atomic E-state index is 12.5. The Labute approximate surface area is 146 Å². The summed E-state index contributed by atoms with van der Waals surface area (Å²) < 4.78 is 1.80. The van der Waals surface area contributed by atoms with Gasteiger partial charge < -0.3 is 14.9 Å². The molecule has 2 aromatic heterocycles. The van der Waals surface area contributed by atoms with Crippen LogP contribution in [0.25, 0.3) is 16.8 Å². The SMILES string of the molecule is O=C[B]N1CC=C(c2c(-c3ccncc3)nn3c2C(=O)NCC3)CC1. The van der Waals surface area contributed by atoms with Crippen molar-refractivity contribution in [1.29, 1.82) is 0 Å². The Balaban J connectivity index is 1.82.